The largest absolute Gasteiger partial charge is 0.396 e. The Morgan fingerprint density at radius 2 is 2.42 bits per heavy atom. The summed E-state index contributed by atoms with van der Waals surface area (Å²) in [6.07, 6.45) is 8.50. The van der Waals surface area contributed by atoms with Crippen LogP contribution < -0.4 is 11.1 Å². The van der Waals surface area contributed by atoms with Gasteiger partial charge in [0.1, 0.15) is 0 Å². The molecule has 108 valence electrons. The van der Waals surface area contributed by atoms with E-state index in [4.69, 9.17) is 5.73 Å². The van der Waals surface area contributed by atoms with Crippen LogP contribution in [0.25, 0.3) is 0 Å². The van der Waals surface area contributed by atoms with Crippen LogP contribution in [-0.4, -0.2) is 34.1 Å². The second-order valence-corrected chi connectivity index (χ2v) is 5.47. The van der Waals surface area contributed by atoms with Crippen molar-refractivity contribution in [1.29, 1.82) is 0 Å². The molecule has 0 saturated heterocycles. The second kappa shape index (κ2) is 7.03. The second-order valence-electron chi connectivity index (χ2n) is 5.47. The summed E-state index contributed by atoms with van der Waals surface area (Å²) in [7, 11) is 0. The van der Waals surface area contributed by atoms with E-state index in [9.17, 15) is 5.11 Å². The highest BCUT2D eigenvalue weighted by Gasteiger charge is 2.28. The summed E-state index contributed by atoms with van der Waals surface area (Å²) in [6.45, 7) is 3.92. The summed E-state index contributed by atoms with van der Waals surface area (Å²) in [5, 5.41) is 17.3. The average molecular weight is 266 g/mol. The Hall–Kier alpha value is -0.910. The Balaban J connectivity index is 1.98. The third kappa shape index (κ3) is 3.55. The van der Waals surface area contributed by atoms with Gasteiger partial charge in [-0.1, -0.05) is 13.3 Å². The van der Waals surface area contributed by atoms with Crippen molar-refractivity contribution >= 4 is 0 Å². The SMILES string of the molecule is CCCn1cc(C(CN)NC2CCCC2CO)cn1. The van der Waals surface area contributed by atoms with E-state index in [1.54, 1.807) is 0 Å². The van der Waals surface area contributed by atoms with Crippen molar-refractivity contribution in [1.82, 2.24) is 15.1 Å². The highest BCUT2D eigenvalue weighted by atomic mass is 16.3. The van der Waals surface area contributed by atoms with Crippen LogP contribution in [0.3, 0.4) is 0 Å². The number of rotatable bonds is 7. The molecule has 0 aliphatic heterocycles. The van der Waals surface area contributed by atoms with E-state index < -0.39 is 0 Å². The van der Waals surface area contributed by atoms with Crippen molar-refractivity contribution in [2.75, 3.05) is 13.2 Å². The molecular formula is C14H26N4O. The minimum Gasteiger partial charge on any atom is -0.396 e. The lowest BCUT2D eigenvalue weighted by atomic mass is 10.0. The number of aromatic nitrogens is 2. The number of aliphatic hydroxyl groups is 1. The predicted octanol–water partition coefficient (Wildman–Crippen LogP) is 1.04. The van der Waals surface area contributed by atoms with Gasteiger partial charge in [0.25, 0.3) is 0 Å². The fourth-order valence-corrected chi connectivity index (χ4v) is 2.94. The molecule has 1 heterocycles. The molecule has 1 saturated carbocycles. The quantitative estimate of drug-likeness (QED) is 0.689. The van der Waals surface area contributed by atoms with Gasteiger partial charge in [-0.15, -0.1) is 0 Å². The first-order chi connectivity index (χ1) is 9.28. The minimum atomic E-state index is 0.141. The molecule has 5 nitrogen and oxygen atoms in total. The predicted molar refractivity (Wildman–Crippen MR) is 75.7 cm³/mol. The van der Waals surface area contributed by atoms with E-state index in [-0.39, 0.29) is 12.6 Å². The third-order valence-electron chi connectivity index (χ3n) is 4.05. The number of hydrogen-bond acceptors (Lipinski definition) is 4. The van der Waals surface area contributed by atoms with Crippen LogP contribution in [0, 0.1) is 5.92 Å². The van der Waals surface area contributed by atoms with E-state index in [0.29, 0.717) is 18.5 Å². The van der Waals surface area contributed by atoms with Crippen molar-refractivity contribution in [2.24, 2.45) is 11.7 Å². The zero-order chi connectivity index (χ0) is 13.7. The van der Waals surface area contributed by atoms with Crippen molar-refractivity contribution in [3.8, 4) is 0 Å². The highest BCUT2D eigenvalue weighted by Crippen LogP contribution is 2.27. The molecule has 1 aromatic heterocycles. The van der Waals surface area contributed by atoms with Crippen LogP contribution in [0.5, 0.6) is 0 Å². The summed E-state index contributed by atoms with van der Waals surface area (Å²) in [5.41, 5.74) is 7.04. The van der Waals surface area contributed by atoms with Crippen LogP contribution in [0.2, 0.25) is 0 Å². The maximum atomic E-state index is 9.38. The van der Waals surface area contributed by atoms with Gasteiger partial charge in [0, 0.05) is 43.5 Å². The number of nitrogens with zero attached hydrogens (tertiary/aromatic N) is 2. The summed E-state index contributed by atoms with van der Waals surface area (Å²) < 4.78 is 1.97. The fraction of sp³-hybridized carbons (Fsp3) is 0.786. The molecule has 1 aliphatic rings. The molecule has 0 radical (unpaired) electrons. The van der Waals surface area contributed by atoms with Crippen LogP contribution in [-0.2, 0) is 6.54 Å². The Labute approximate surface area is 115 Å². The molecule has 4 N–H and O–H groups in total. The van der Waals surface area contributed by atoms with Crippen LogP contribution in [0.15, 0.2) is 12.4 Å². The van der Waals surface area contributed by atoms with Crippen molar-refractivity contribution in [3.05, 3.63) is 18.0 Å². The average Bonchev–Trinajstić information content (AvgIpc) is 3.05. The van der Waals surface area contributed by atoms with Gasteiger partial charge < -0.3 is 16.2 Å². The lowest BCUT2D eigenvalue weighted by Gasteiger charge is -2.24. The molecule has 0 bridgehead atoms. The van der Waals surface area contributed by atoms with Gasteiger partial charge in [0.2, 0.25) is 0 Å². The molecule has 0 amide bonds. The Bertz CT molecular complexity index is 379. The third-order valence-corrected chi connectivity index (χ3v) is 4.05. The molecule has 1 fully saturated rings. The summed E-state index contributed by atoms with van der Waals surface area (Å²) in [5.74, 6) is 0.375. The zero-order valence-corrected chi connectivity index (χ0v) is 11.8. The molecule has 1 aliphatic carbocycles. The molecule has 0 spiro atoms. The minimum absolute atomic E-state index is 0.141. The molecule has 3 atom stereocenters. The lowest BCUT2D eigenvalue weighted by molar-refractivity contribution is 0.199. The van der Waals surface area contributed by atoms with Gasteiger partial charge in [0.15, 0.2) is 0 Å². The standard InChI is InChI=1S/C14H26N4O/c1-2-6-18-9-12(8-16-18)14(7-15)17-13-5-3-4-11(13)10-19/h8-9,11,13-14,17,19H,2-7,10,15H2,1H3. The van der Waals surface area contributed by atoms with Gasteiger partial charge in [0.05, 0.1) is 6.20 Å². The first-order valence-electron chi connectivity index (χ1n) is 7.37. The first kappa shape index (κ1) is 14.5. The molecule has 1 aromatic rings. The number of hydrogen-bond donors (Lipinski definition) is 3. The van der Waals surface area contributed by atoms with E-state index in [1.165, 1.54) is 6.42 Å². The summed E-state index contributed by atoms with van der Waals surface area (Å²) >= 11 is 0. The van der Waals surface area contributed by atoms with E-state index in [0.717, 1.165) is 31.4 Å². The normalized spacial score (nSPS) is 24.8. The summed E-state index contributed by atoms with van der Waals surface area (Å²) in [4.78, 5) is 0. The highest BCUT2D eigenvalue weighted by molar-refractivity contribution is 5.11. The molecule has 3 unspecified atom stereocenters. The maximum Gasteiger partial charge on any atom is 0.0538 e. The maximum absolute atomic E-state index is 9.38. The Morgan fingerprint density at radius 1 is 1.58 bits per heavy atom. The van der Waals surface area contributed by atoms with Crippen LogP contribution in [0.1, 0.15) is 44.2 Å². The van der Waals surface area contributed by atoms with Gasteiger partial charge in [-0.05, 0) is 25.2 Å². The van der Waals surface area contributed by atoms with Crippen molar-refractivity contribution in [2.45, 2.75) is 51.2 Å². The smallest absolute Gasteiger partial charge is 0.0538 e. The molecule has 5 heteroatoms. The lowest BCUT2D eigenvalue weighted by Crippen LogP contribution is -2.39. The summed E-state index contributed by atoms with van der Waals surface area (Å²) in [6, 6.07) is 0.524. The zero-order valence-electron chi connectivity index (χ0n) is 11.8. The van der Waals surface area contributed by atoms with Crippen molar-refractivity contribution < 1.29 is 5.11 Å². The van der Waals surface area contributed by atoms with E-state index >= 15 is 0 Å². The molecule has 19 heavy (non-hydrogen) atoms. The number of aryl methyl sites for hydroxylation is 1. The van der Waals surface area contributed by atoms with Gasteiger partial charge in [-0.25, -0.2) is 0 Å². The number of aliphatic hydroxyl groups excluding tert-OH is 1. The van der Waals surface area contributed by atoms with Gasteiger partial charge in [-0.2, -0.15) is 5.10 Å². The fourth-order valence-electron chi connectivity index (χ4n) is 2.94. The topological polar surface area (TPSA) is 76.1 Å². The van der Waals surface area contributed by atoms with E-state index in [1.807, 2.05) is 10.9 Å². The van der Waals surface area contributed by atoms with Gasteiger partial charge in [-0.3, -0.25) is 4.68 Å². The molecular weight excluding hydrogens is 240 g/mol. The monoisotopic (exact) mass is 266 g/mol. The van der Waals surface area contributed by atoms with Crippen molar-refractivity contribution in [3.63, 3.8) is 0 Å². The molecule has 2 rings (SSSR count). The van der Waals surface area contributed by atoms with Crippen LogP contribution in [0.4, 0.5) is 0 Å². The first-order valence-corrected chi connectivity index (χ1v) is 7.37. The molecule has 0 aromatic carbocycles. The Morgan fingerprint density at radius 3 is 3.11 bits per heavy atom. The van der Waals surface area contributed by atoms with E-state index in [2.05, 4.69) is 23.5 Å². The van der Waals surface area contributed by atoms with Gasteiger partial charge >= 0.3 is 0 Å². The number of nitrogens with one attached hydrogen (secondary N) is 1. The van der Waals surface area contributed by atoms with Crippen LogP contribution >= 0.6 is 0 Å². The number of nitrogens with two attached hydrogens (primary N) is 1. The Kier molecular flexibility index (Phi) is 5.36.